The van der Waals surface area contributed by atoms with Crippen molar-refractivity contribution in [3.63, 3.8) is 0 Å². The highest BCUT2D eigenvalue weighted by Gasteiger charge is 2.17. The second kappa shape index (κ2) is 7.29. The van der Waals surface area contributed by atoms with E-state index in [1.165, 1.54) is 6.08 Å². The Morgan fingerprint density at radius 1 is 1.10 bits per heavy atom. The van der Waals surface area contributed by atoms with Gasteiger partial charge in [0.15, 0.2) is 0 Å². The van der Waals surface area contributed by atoms with Crippen LogP contribution in [0.1, 0.15) is 31.1 Å². The standard InChI is InChI=1S/C18H18N2O/c1-14(5-3-6-15(2)11-12-21)9-10-16-7-4-8-17(13-16)18-19-20-18/h3-13,18H,1-2H3/b6-3-,10-9-,14-5-,15-11-. The smallest absolute Gasteiger partial charge is 0.206 e. The van der Waals surface area contributed by atoms with E-state index in [0.29, 0.717) is 0 Å². The van der Waals surface area contributed by atoms with Crippen molar-refractivity contribution in [1.29, 1.82) is 0 Å². The summed E-state index contributed by atoms with van der Waals surface area (Å²) in [6.07, 6.45) is 12.4. The minimum absolute atomic E-state index is 0.0468. The summed E-state index contributed by atoms with van der Waals surface area (Å²) >= 11 is 0. The lowest BCUT2D eigenvalue weighted by Crippen LogP contribution is -1.81. The molecule has 0 amide bonds. The Morgan fingerprint density at radius 3 is 2.57 bits per heavy atom. The third-order valence-corrected chi connectivity index (χ3v) is 3.03. The molecule has 3 nitrogen and oxygen atoms in total. The molecule has 0 atom stereocenters. The summed E-state index contributed by atoms with van der Waals surface area (Å²) in [5.41, 5.74) is 4.34. The van der Waals surface area contributed by atoms with Crippen molar-refractivity contribution in [2.75, 3.05) is 0 Å². The van der Waals surface area contributed by atoms with Crippen LogP contribution in [-0.4, -0.2) is 6.29 Å². The molecular formula is C18H18N2O. The van der Waals surface area contributed by atoms with Gasteiger partial charge in [-0.15, -0.1) is 0 Å². The van der Waals surface area contributed by atoms with E-state index in [4.69, 9.17) is 0 Å². The maximum Gasteiger partial charge on any atom is 0.206 e. The average Bonchev–Trinajstić information content (AvgIpc) is 3.30. The minimum atomic E-state index is 0.0468. The average molecular weight is 278 g/mol. The van der Waals surface area contributed by atoms with Crippen LogP contribution in [0.15, 0.2) is 76.0 Å². The summed E-state index contributed by atoms with van der Waals surface area (Å²) in [4.78, 5) is 10.3. The van der Waals surface area contributed by atoms with Gasteiger partial charge >= 0.3 is 0 Å². The quantitative estimate of drug-likeness (QED) is 0.418. The molecule has 0 aromatic heterocycles. The first kappa shape index (κ1) is 14.9. The number of hydrogen-bond acceptors (Lipinski definition) is 3. The zero-order valence-electron chi connectivity index (χ0n) is 12.2. The fourth-order valence-electron chi connectivity index (χ4n) is 1.79. The number of benzene rings is 1. The molecule has 21 heavy (non-hydrogen) atoms. The topological polar surface area (TPSA) is 41.8 Å². The predicted octanol–water partition coefficient (Wildman–Crippen LogP) is 4.81. The second-order valence-electron chi connectivity index (χ2n) is 4.92. The van der Waals surface area contributed by atoms with Crippen molar-refractivity contribution in [2.24, 2.45) is 10.2 Å². The molecule has 0 N–H and O–H groups in total. The van der Waals surface area contributed by atoms with Crippen molar-refractivity contribution in [3.05, 3.63) is 76.9 Å². The van der Waals surface area contributed by atoms with Crippen LogP contribution in [-0.2, 0) is 4.79 Å². The molecule has 1 heterocycles. The molecule has 1 aliphatic heterocycles. The first-order valence-corrected chi connectivity index (χ1v) is 6.84. The highest BCUT2D eigenvalue weighted by molar-refractivity contribution is 5.67. The van der Waals surface area contributed by atoms with Gasteiger partial charge < -0.3 is 0 Å². The first-order chi connectivity index (χ1) is 10.2. The molecule has 0 saturated heterocycles. The Labute approximate surface area is 125 Å². The zero-order chi connectivity index (χ0) is 15.1. The molecule has 106 valence electrons. The maximum atomic E-state index is 10.3. The van der Waals surface area contributed by atoms with Crippen molar-refractivity contribution < 1.29 is 4.79 Å². The highest BCUT2D eigenvalue weighted by Crippen LogP contribution is 2.30. The number of carbonyl (C=O) groups is 1. The Bertz CT molecular complexity index is 658. The van der Waals surface area contributed by atoms with Crippen LogP contribution < -0.4 is 0 Å². The van der Waals surface area contributed by atoms with Crippen LogP contribution in [0, 0.1) is 0 Å². The molecule has 3 heteroatoms. The third kappa shape index (κ3) is 5.15. The lowest BCUT2D eigenvalue weighted by atomic mass is 10.1. The number of rotatable bonds is 6. The van der Waals surface area contributed by atoms with Gasteiger partial charge in [-0.2, -0.15) is 10.2 Å². The number of aldehydes is 1. The summed E-state index contributed by atoms with van der Waals surface area (Å²) in [5.74, 6) is 0. The molecule has 0 unspecified atom stereocenters. The first-order valence-electron chi connectivity index (χ1n) is 6.84. The summed E-state index contributed by atoms with van der Waals surface area (Å²) in [6, 6.07) is 8.21. The van der Waals surface area contributed by atoms with Crippen molar-refractivity contribution >= 4 is 12.4 Å². The number of carbonyl (C=O) groups excluding carboxylic acids is 1. The lowest BCUT2D eigenvalue weighted by Gasteiger charge is -1.97. The van der Waals surface area contributed by atoms with Crippen LogP contribution >= 0.6 is 0 Å². The van der Waals surface area contributed by atoms with Gasteiger partial charge in [-0.1, -0.05) is 54.2 Å². The SMILES string of the molecule is CC(/C=C\C=C(C)/C=C\c1cccc(C2N=N2)c1)=C/C=O. The Hall–Kier alpha value is -2.55. The van der Waals surface area contributed by atoms with E-state index in [1.54, 1.807) is 0 Å². The fourth-order valence-corrected chi connectivity index (χ4v) is 1.79. The van der Waals surface area contributed by atoms with Crippen LogP contribution in [0.25, 0.3) is 6.08 Å². The molecule has 1 aliphatic rings. The Kier molecular flexibility index (Phi) is 5.16. The predicted molar refractivity (Wildman–Crippen MR) is 85.8 cm³/mol. The van der Waals surface area contributed by atoms with Gasteiger partial charge in [-0.3, -0.25) is 4.79 Å². The number of nitrogens with zero attached hydrogens (tertiary/aromatic N) is 2. The highest BCUT2D eigenvalue weighted by atomic mass is 16.1. The van der Waals surface area contributed by atoms with Crippen molar-refractivity contribution in [1.82, 2.24) is 0 Å². The molecule has 1 aromatic rings. The van der Waals surface area contributed by atoms with Crippen LogP contribution in [0.4, 0.5) is 0 Å². The van der Waals surface area contributed by atoms with Gasteiger partial charge in [0.25, 0.3) is 0 Å². The normalized spacial score (nSPS) is 16.1. The molecule has 1 aromatic carbocycles. The molecule has 0 radical (unpaired) electrons. The Balaban J connectivity index is 1.98. The number of hydrogen-bond donors (Lipinski definition) is 0. The summed E-state index contributed by atoms with van der Waals surface area (Å²) in [7, 11) is 0. The van der Waals surface area contributed by atoms with E-state index in [9.17, 15) is 4.79 Å². The van der Waals surface area contributed by atoms with Gasteiger partial charge in [0.2, 0.25) is 6.17 Å². The molecule has 0 aliphatic carbocycles. The number of allylic oxidation sites excluding steroid dienone is 7. The molecular weight excluding hydrogens is 260 g/mol. The summed E-state index contributed by atoms with van der Waals surface area (Å²) in [6.45, 7) is 3.93. The van der Waals surface area contributed by atoms with E-state index in [0.717, 1.165) is 28.6 Å². The van der Waals surface area contributed by atoms with E-state index < -0.39 is 0 Å². The van der Waals surface area contributed by atoms with E-state index in [1.807, 2.05) is 44.2 Å². The van der Waals surface area contributed by atoms with Crippen LogP contribution in [0.2, 0.25) is 0 Å². The van der Waals surface area contributed by atoms with E-state index in [-0.39, 0.29) is 6.17 Å². The third-order valence-electron chi connectivity index (χ3n) is 3.03. The van der Waals surface area contributed by atoms with Crippen LogP contribution in [0.5, 0.6) is 0 Å². The van der Waals surface area contributed by atoms with Crippen molar-refractivity contribution in [3.8, 4) is 0 Å². The van der Waals surface area contributed by atoms with Gasteiger partial charge in [-0.25, -0.2) is 0 Å². The summed E-state index contributed by atoms with van der Waals surface area (Å²) in [5, 5.41) is 7.86. The molecule has 0 bridgehead atoms. The van der Waals surface area contributed by atoms with Gasteiger partial charge in [0, 0.05) is 5.56 Å². The lowest BCUT2D eigenvalue weighted by molar-refractivity contribution is -0.104. The molecule has 0 spiro atoms. The monoisotopic (exact) mass is 278 g/mol. The van der Waals surface area contributed by atoms with Crippen molar-refractivity contribution in [2.45, 2.75) is 20.0 Å². The van der Waals surface area contributed by atoms with E-state index >= 15 is 0 Å². The van der Waals surface area contributed by atoms with Gasteiger partial charge in [-0.05, 0) is 37.1 Å². The largest absolute Gasteiger partial charge is 0.299 e. The zero-order valence-corrected chi connectivity index (χ0v) is 12.2. The minimum Gasteiger partial charge on any atom is -0.299 e. The summed E-state index contributed by atoms with van der Waals surface area (Å²) < 4.78 is 0. The van der Waals surface area contributed by atoms with Gasteiger partial charge in [0.1, 0.15) is 6.29 Å². The second-order valence-corrected chi connectivity index (χ2v) is 4.92. The van der Waals surface area contributed by atoms with E-state index in [2.05, 4.69) is 34.5 Å². The van der Waals surface area contributed by atoms with Crippen LogP contribution in [0.3, 0.4) is 0 Å². The van der Waals surface area contributed by atoms with Gasteiger partial charge in [0.05, 0.1) is 0 Å². The maximum absolute atomic E-state index is 10.3. The molecule has 0 fully saturated rings. The fraction of sp³-hybridized carbons (Fsp3) is 0.167. The molecule has 2 rings (SSSR count). The Morgan fingerprint density at radius 2 is 1.86 bits per heavy atom. The molecule has 0 saturated carbocycles.